The summed E-state index contributed by atoms with van der Waals surface area (Å²) in [4.78, 5) is 37.2. The standard InChI is InChI=1S/C25H35N5O3/c1-6-22-21(16-19-7-9-20(10-8-19)30(32)33)25(27-24(26-22)18(4)5)29-13-11-28(12-14-29)23(31)15-17(2)3/h7-10,17-18H,6,11-16H2,1-5H3. The van der Waals surface area contributed by atoms with Crippen LogP contribution in [0.15, 0.2) is 24.3 Å². The Kier molecular flexibility index (Phi) is 8.00. The summed E-state index contributed by atoms with van der Waals surface area (Å²) in [5.41, 5.74) is 3.16. The van der Waals surface area contributed by atoms with Crippen LogP contribution in [0, 0.1) is 16.0 Å². The van der Waals surface area contributed by atoms with Gasteiger partial charge in [-0.25, -0.2) is 9.97 Å². The molecule has 2 heterocycles. The first-order valence-corrected chi connectivity index (χ1v) is 11.8. The summed E-state index contributed by atoms with van der Waals surface area (Å²) in [5.74, 6) is 2.53. The van der Waals surface area contributed by atoms with E-state index >= 15 is 0 Å². The molecule has 33 heavy (non-hydrogen) atoms. The number of non-ortho nitro benzene ring substituents is 1. The quantitative estimate of drug-likeness (QED) is 0.436. The van der Waals surface area contributed by atoms with E-state index < -0.39 is 0 Å². The maximum atomic E-state index is 12.5. The largest absolute Gasteiger partial charge is 0.353 e. The molecule has 0 unspecified atom stereocenters. The lowest BCUT2D eigenvalue weighted by atomic mass is 10.0. The number of rotatable bonds is 8. The van der Waals surface area contributed by atoms with Gasteiger partial charge in [-0.1, -0.05) is 46.8 Å². The minimum Gasteiger partial charge on any atom is -0.353 e. The van der Waals surface area contributed by atoms with Crippen molar-refractivity contribution in [2.24, 2.45) is 5.92 Å². The Bertz CT molecular complexity index is 980. The molecule has 3 rings (SSSR count). The molecule has 0 N–H and O–H groups in total. The SMILES string of the molecule is CCc1nc(C(C)C)nc(N2CCN(C(=O)CC(C)C)CC2)c1Cc1ccc([N+](=O)[O-])cc1. The number of hydrogen-bond acceptors (Lipinski definition) is 6. The predicted octanol–water partition coefficient (Wildman–Crippen LogP) is 4.36. The lowest BCUT2D eigenvalue weighted by Crippen LogP contribution is -2.49. The van der Waals surface area contributed by atoms with E-state index in [0.717, 1.165) is 48.0 Å². The van der Waals surface area contributed by atoms with E-state index in [9.17, 15) is 14.9 Å². The summed E-state index contributed by atoms with van der Waals surface area (Å²) in [6, 6.07) is 6.70. The number of carbonyl (C=O) groups excluding carboxylic acids is 1. The summed E-state index contributed by atoms with van der Waals surface area (Å²) in [5, 5.41) is 11.0. The summed E-state index contributed by atoms with van der Waals surface area (Å²) < 4.78 is 0. The van der Waals surface area contributed by atoms with Crippen molar-refractivity contribution in [2.75, 3.05) is 31.1 Å². The molecule has 1 aromatic heterocycles. The third-order valence-electron chi connectivity index (χ3n) is 5.98. The molecule has 178 valence electrons. The van der Waals surface area contributed by atoms with E-state index in [0.29, 0.717) is 31.8 Å². The van der Waals surface area contributed by atoms with Crippen molar-refractivity contribution < 1.29 is 9.72 Å². The van der Waals surface area contributed by atoms with Crippen molar-refractivity contribution in [3.05, 3.63) is 57.0 Å². The van der Waals surface area contributed by atoms with Gasteiger partial charge in [0.2, 0.25) is 5.91 Å². The molecule has 0 atom stereocenters. The maximum Gasteiger partial charge on any atom is 0.269 e. The highest BCUT2D eigenvalue weighted by atomic mass is 16.6. The second kappa shape index (κ2) is 10.7. The number of aromatic nitrogens is 2. The van der Waals surface area contributed by atoms with Crippen LogP contribution in [-0.2, 0) is 17.6 Å². The van der Waals surface area contributed by atoms with Gasteiger partial charge >= 0.3 is 0 Å². The average molecular weight is 454 g/mol. The number of piperazine rings is 1. The van der Waals surface area contributed by atoms with Crippen LogP contribution in [0.4, 0.5) is 11.5 Å². The van der Waals surface area contributed by atoms with Crippen LogP contribution in [0.5, 0.6) is 0 Å². The molecule has 8 nitrogen and oxygen atoms in total. The van der Waals surface area contributed by atoms with Crippen molar-refractivity contribution in [3.63, 3.8) is 0 Å². The highest BCUT2D eigenvalue weighted by Gasteiger charge is 2.26. The van der Waals surface area contributed by atoms with Gasteiger partial charge in [-0.3, -0.25) is 14.9 Å². The zero-order valence-corrected chi connectivity index (χ0v) is 20.4. The second-order valence-corrected chi connectivity index (χ2v) is 9.41. The zero-order valence-electron chi connectivity index (χ0n) is 20.4. The van der Waals surface area contributed by atoms with Crippen LogP contribution in [-0.4, -0.2) is 51.9 Å². The fourth-order valence-electron chi connectivity index (χ4n) is 4.11. The Labute approximate surface area is 196 Å². The van der Waals surface area contributed by atoms with Gasteiger partial charge in [0.15, 0.2) is 0 Å². The number of hydrogen-bond donors (Lipinski definition) is 0. The molecule has 0 radical (unpaired) electrons. The van der Waals surface area contributed by atoms with E-state index in [1.165, 1.54) is 0 Å². The summed E-state index contributed by atoms with van der Waals surface area (Å²) in [6.07, 6.45) is 1.97. The van der Waals surface area contributed by atoms with Crippen LogP contribution < -0.4 is 4.90 Å². The maximum absolute atomic E-state index is 12.5. The van der Waals surface area contributed by atoms with Gasteiger partial charge in [-0.05, 0) is 17.9 Å². The lowest BCUT2D eigenvalue weighted by molar-refractivity contribution is -0.384. The molecule has 1 amide bonds. The molecule has 0 bridgehead atoms. The van der Waals surface area contributed by atoms with Gasteiger partial charge in [-0.2, -0.15) is 0 Å². The summed E-state index contributed by atoms with van der Waals surface area (Å²) in [7, 11) is 0. The first-order valence-electron chi connectivity index (χ1n) is 11.8. The summed E-state index contributed by atoms with van der Waals surface area (Å²) in [6.45, 7) is 13.3. The topological polar surface area (TPSA) is 92.5 Å². The number of carbonyl (C=O) groups is 1. The fourth-order valence-corrected chi connectivity index (χ4v) is 4.11. The molecule has 1 saturated heterocycles. The van der Waals surface area contributed by atoms with Crippen molar-refractivity contribution in [1.82, 2.24) is 14.9 Å². The Morgan fingerprint density at radius 2 is 1.70 bits per heavy atom. The smallest absolute Gasteiger partial charge is 0.269 e. The molecular formula is C25H35N5O3. The highest BCUT2D eigenvalue weighted by Crippen LogP contribution is 2.28. The number of anilines is 1. The molecule has 8 heteroatoms. The summed E-state index contributed by atoms with van der Waals surface area (Å²) >= 11 is 0. The van der Waals surface area contributed by atoms with Crippen LogP contribution in [0.25, 0.3) is 0 Å². The molecule has 0 saturated carbocycles. The van der Waals surface area contributed by atoms with Crippen molar-refractivity contribution in [2.45, 2.75) is 59.8 Å². The Morgan fingerprint density at radius 3 is 2.21 bits per heavy atom. The lowest BCUT2D eigenvalue weighted by Gasteiger charge is -2.37. The van der Waals surface area contributed by atoms with Gasteiger partial charge in [0.1, 0.15) is 11.6 Å². The van der Waals surface area contributed by atoms with E-state index in [1.807, 2.05) is 4.90 Å². The average Bonchev–Trinajstić information content (AvgIpc) is 2.79. The van der Waals surface area contributed by atoms with Crippen molar-refractivity contribution in [3.8, 4) is 0 Å². The number of aryl methyl sites for hydroxylation is 1. The van der Waals surface area contributed by atoms with Gasteiger partial charge in [-0.15, -0.1) is 0 Å². The molecular weight excluding hydrogens is 418 g/mol. The van der Waals surface area contributed by atoms with Gasteiger partial charge in [0.05, 0.1) is 4.92 Å². The number of benzene rings is 1. The van der Waals surface area contributed by atoms with Gasteiger partial charge in [0.25, 0.3) is 5.69 Å². The van der Waals surface area contributed by atoms with E-state index in [1.54, 1.807) is 24.3 Å². The van der Waals surface area contributed by atoms with Gasteiger partial charge in [0, 0.05) is 68.3 Å². The Morgan fingerprint density at radius 1 is 1.06 bits per heavy atom. The predicted molar refractivity (Wildman–Crippen MR) is 130 cm³/mol. The first-order chi connectivity index (χ1) is 15.7. The number of nitro groups is 1. The minimum atomic E-state index is -0.382. The number of amides is 1. The van der Waals surface area contributed by atoms with Crippen LogP contribution in [0.2, 0.25) is 0 Å². The molecule has 0 spiro atoms. The fraction of sp³-hybridized carbons (Fsp3) is 0.560. The Balaban J connectivity index is 1.90. The van der Waals surface area contributed by atoms with Crippen molar-refractivity contribution >= 4 is 17.4 Å². The number of nitrogens with zero attached hydrogens (tertiary/aromatic N) is 5. The van der Waals surface area contributed by atoms with E-state index in [2.05, 4.69) is 39.5 Å². The Hall–Kier alpha value is -3.03. The molecule has 2 aromatic rings. The van der Waals surface area contributed by atoms with Crippen molar-refractivity contribution in [1.29, 1.82) is 0 Å². The van der Waals surface area contributed by atoms with Crippen LogP contribution in [0.3, 0.4) is 0 Å². The van der Waals surface area contributed by atoms with E-state index in [-0.39, 0.29) is 22.4 Å². The normalized spacial score (nSPS) is 14.3. The third kappa shape index (κ3) is 6.06. The molecule has 1 fully saturated rings. The molecule has 1 aliphatic heterocycles. The second-order valence-electron chi connectivity index (χ2n) is 9.41. The van der Waals surface area contributed by atoms with E-state index in [4.69, 9.17) is 9.97 Å². The first kappa shape index (κ1) is 24.6. The third-order valence-corrected chi connectivity index (χ3v) is 5.98. The highest BCUT2D eigenvalue weighted by molar-refractivity contribution is 5.76. The van der Waals surface area contributed by atoms with Crippen LogP contribution >= 0.6 is 0 Å². The minimum absolute atomic E-state index is 0.0864. The van der Waals surface area contributed by atoms with Gasteiger partial charge < -0.3 is 9.80 Å². The number of nitro benzene ring substituents is 1. The monoisotopic (exact) mass is 453 g/mol. The molecule has 0 aliphatic carbocycles. The molecule has 1 aromatic carbocycles. The molecule has 1 aliphatic rings. The zero-order chi connectivity index (χ0) is 24.1. The van der Waals surface area contributed by atoms with Crippen LogP contribution in [0.1, 0.15) is 69.6 Å².